The first kappa shape index (κ1) is 17.5. The number of carbonyl (C=O) groups excluding carboxylic acids is 1. The van der Waals surface area contributed by atoms with E-state index in [0.29, 0.717) is 5.56 Å². The first-order valence-corrected chi connectivity index (χ1v) is 9.08. The van der Waals surface area contributed by atoms with Crippen LogP contribution in [0.1, 0.15) is 41.6 Å². The summed E-state index contributed by atoms with van der Waals surface area (Å²) < 4.78 is 0. The number of pyridine rings is 1. The van der Waals surface area contributed by atoms with Crippen molar-refractivity contribution in [3.63, 3.8) is 0 Å². The molecule has 1 aromatic carbocycles. The number of hydrogen-bond acceptors (Lipinski definition) is 3. The minimum Gasteiger partial charge on any atom is -0.382 e. The third-order valence-corrected chi connectivity index (χ3v) is 5.63. The summed E-state index contributed by atoms with van der Waals surface area (Å²) in [4.78, 5) is 17.8. The SMILES string of the molecule is CNC(=S)[C@]1(c2cccnc2)CCCC[C@H]1NC(=O)c1ccccc1. The molecular weight excluding hydrogens is 330 g/mol. The Balaban J connectivity index is 1.97. The second-order valence-electron chi connectivity index (χ2n) is 6.43. The van der Waals surface area contributed by atoms with Crippen LogP contribution in [0.25, 0.3) is 0 Å². The molecule has 1 aromatic heterocycles. The topological polar surface area (TPSA) is 54.0 Å². The molecule has 5 heteroatoms. The van der Waals surface area contributed by atoms with Gasteiger partial charge in [-0.3, -0.25) is 9.78 Å². The van der Waals surface area contributed by atoms with E-state index in [0.717, 1.165) is 36.2 Å². The van der Waals surface area contributed by atoms with Gasteiger partial charge in [-0.05, 0) is 36.6 Å². The van der Waals surface area contributed by atoms with Crippen LogP contribution in [0.15, 0.2) is 54.9 Å². The quantitative estimate of drug-likeness (QED) is 0.829. The van der Waals surface area contributed by atoms with Crippen molar-refractivity contribution in [1.29, 1.82) is 0 Å². The van der Waals surface area contributed by atoms with E-state index in [1.54, 1.807) is 6.20 Å². The van der Waals surface area contributed by atoms with Crippen molar-refractivity contribution in [3.8, 4) is 0 Å². The van der Waals surface area contributed by atoms with Crippen LogP contribution in [0.5, 0.6) is 0 Å². The summed E-state index contributed by atoms with van der Waals surface area (Å²) in [5.41, 5.74) is 1.32. The maximum absolute atomic E-state index is 12.8. The molecule has 1 fully saturated rings. The molecule has 0 radical (unpaired) electrons. The molecule has 2 aromatic rings. The van der Waals surface area contributed by atoms with Crippen molar-refractivity contribution in [2.45, 2.75) is 37.1 Å². The van der Waals surface area contributed by atoms with Crippen LogP contribution < -0.4 is 10.6 Å². The summed E-state index contributed by atoms with van der Waals surface area (Å²) in [6.07, 6.45) is 7.59. The third-order valence-electron chi connectivity index (χ3n) is 5.06. The molecule has 2 N–H and O–H groups in total. The summed E-state index contributed by atoms with van der Waals surface area (Å²) in [6, 6.07) is 13.3. The summed E-state index contributed by atoms with van der Waals surface area (Å²) in [7, 11) is 1.85. The van der Waals surface area contributed by atoms with E-state index in [1.165, 1.54) is 0 Å². The van der Waals surface area contributed by atoms with Gasteiger partial charge in [0.2, 0.25) is 0 Å². The summed E-state index contributed by atoms with van der Waals surface area (Å²) in [6.45, 7) is 0. The highest BCUT2D eigenvalue weighted by atomic mass is 32.1. The number of rotatable bonds is 4. The average molecular weight is 353 g/mol. The number of thiocarbonyl (C=S) groups is 1. The van der Waals surface area contributed by atoms with Gasteiger partial charge in [0.05, 0.1) is 10.4 Å². The van der Waals surface area contributed by atoms with Gasteiger partial charge < -0.3 is 10.6 Å². The predicted molar refractivity (Wildman–Crippen MR) is 104 cm³/mol. The van der Waals surface area contributed by atoms with Gasteiger partial charge in [-0.1, -0.05) is 49.3 Å². The number of carbonyl (C=O) groups is 1. The molecule has 1 aliphatic rings. The van der Waals surface area contributed by atoms with Crippen molar-refractivity contribution in [1.82, 2.24) is 15.6 Å². The van der Waals surface area contributed by atoms with E-state index in [1.807, 2.05) is 49.6 Å². The Bertz CT molecular complexity index is 735. The highest BCUT2D eigenvalue weighted by molar-refractivity contribution is 7.80. The molecule has 0 spiro atoms. The fourth-order valence-electron chi connectivity index (χ4n) is 3.80. The molecule has 3 rings (SSSR count). The van der Waals surface area contributed by atoms with E-state index in [2.05, 4.69) is 21.7 Å². The molecule has 1 heterocycles. The Hall–Kier alpha value is -2.27. The highest BCUT2D eigenvalue weighted by Gasteiger charge is 2.46. The number of amides is 1. The highest BCUT2D eigenvalue weighted by Crippen LogP contribution is 2.40. The smallest absolute Gasteiger partial charge is 0.251 e. The van der Waals surface area contributed by atoms with Crippen molar-refractivity contribution in [2.75, 3.05) is 7.05 Å². The first-order chi connectivity index (χ1) is 12.2. The Kier molecular flexibility index (Phi) is 5.43. The largest absolute Gasteiger partial charge is 0.382 e. The standard InChI is InChI=1S/C20H23N3OS/c1-21-19(25)20(16-10-7-13-22-14-16)12-6-5-11-17(20)23-18(24)15-8-3-2-4-9-15/h2-4,7-10,13-14,17H,5-6,11-12H2,1H3,(H,21,25)(H,23,24)/t17-,20+/m1/s1. The molecule has 4 nitrogen and oxygen atoms in total. The maximum Gasteiger partial charge on any atom is 0.251 e. The Morgan fingerprint density at radius 2 is 2.00 bits per heavy atom. The molecular formula is C20H23N3OS. The molecule has 0 saturated heterocycles. The van der Waals surface area contributed by atoms with E-state index in [9.17, 15) is 4.79 Å². The van der Waals surface area contributed by atoms with Crippen molar-refractivity contribution in [3.05, 3.63) is 66.0 Å². The van der Waals surface area contributed by atoms with Crippen LogP contribution in [0.3, 0.4) is 0 Å². The normalized spacial score (nSPS) is 22.8. The van der Waals surface area contributed by atoms with E-state index >= 15 is 0 Å². The van der Waals surface area contributed by atoms with Gasteiger partial charge in [-0.15, -0.1) is 0 Å². The van der Waals surface area contributed by atoms with Gasteiger partial charge in [-0.2, -0.15) is 0 Å². The Morgan fingerprint density at radius 3 is 2.68 bits per heavy atom. The Labute approximate surface area is 154 Å². The molecule has 2 atom stereocenters. The number of hydrogen-bond donors (Lipinski definition) is 2. The minimum absolute atomic E-state index is 0.0559. The monoisotopic (exact) mass is 353 g/mol. The van der Waals surface area contributed by atoms with E-state index in [-0.39, 0.29) is 11.9 Å². The lowest BCUT2D eigenvalue weighted by atomic mass is 9.66. The number of likely N-dealkylation sites (N-methyl/N-ethyl adjacent to an activating group) is 1. The second-order valence-corrected chi connectivity index (χ2v) is 6.84. The molecule has 1 saturated carbocycles. The van der Waals surface area contributed by atoms with Crippen molar-refractivity contribution in [2.24, 2.45) is 0 Å². The maximum atomic E-state index is 12.8. The molecule has 0 unspecified atom stereocenters. The molecule has 25 heavy (non-hydrogen) atoms. The lowest BCUT2D eigenvalue weighted by molar-refractivity contribution is 0.0909. The third kappa shape index (κ3) is 3.42. The minimum atomic E-state index is -0.416. The van der Waals surface area contributed by atoms with E-state index < -0.39 is 5.41 Å². The molecule has 0 bridgehead atoms. The molecule has 1 aliphatic carbocycles. The fraction of sp³-hybridized carbons (Fsp3) is 0.350. The number of nitrogens with zero attached hydrogens (tertiary/aromatic N) is 1. The summed E-state index contributed by atoms with van der Waals surface area (Å²) >= 11 is 5.73. The van der Waals surface area contributed by atoms with Gasteiger partial charge in [0.1, 0.15) is 0 Å². The zero-order chi connectivity index (χ0) is 17.7. The lowest BCUT2D eigenvalue weighted by Gasteiger charge is -2.45. The Morgan fingerprint density at radius 1 is 1.20 bits per heavy atom. The first-order valence-electron chi connectivity index (χ1n) is 8.67. The average Bonchev–Trinajstić information content (AvgIpc) is 2.69. The van der Waals surface area contributed by atoms with Crippen LogP contribution in [0, 0.1) is 0 Å². The zero-order valence-corrected chi connectivity index (χ0v) is 15.2. The number of benzene rings is 1. The van der Waals surface area contributed by atoms with Crippen molar-refractivity contribution < 1.29 is 4.79 Å². The lowest BCUT2D eigenvalue weighted by Crippen LogP contribution is -2.58. The van der Waals surface area contributed by atoms with Crippen LogP contribution in [0.2, 0.25) is 0 Å². The van der Waals surface area contributed by atoms with Crippen LogP contribution in [0.4, 0.5) is 0 Å². The molecule has 1 amide bonds. The van der Waals surface area contributed by atoms with Gasteiger partial charge in [-0.25, -0.2) is 0 Å². The van der Waals surface area contributed by atoms with E-state index in [4.69, 9.17) is 12.2 Å². The fourth-order valence-corrected chi connectivity index (χ4v) is 4.16. The summed E-state index contributed by atoms with van der Waals surface area (Å²) in [5.74, 6) is -0.0559. The summed E-state index contributed by atoms with van der Waals surface area (Å²) in [5, 5.41) is 6.41. The molecule has 0 aliphatic heterocycles. The molecule has 130 valence electrons. The van der Waals surface area contributed by atoms with Crippen LogP contribution in [-0.4, -0.2) is 29.0 Å². The van der Waals surface area contributed by atoms with Gasteiger partial charge >= 0.3 is 0 Å². The number of nitrogens with one attached hydrogen (secondary N) is 2. The van der Waals surface area contributed by atoms with Crippen LogP contribution in [-0.2, 0) is 5.41 Å². The van der Waals surface area contributed by atoms with Gasteiger partial charge in [0, 0.05) is 31.0 Å². The van der Waals surface area contributed by atoms with Crippen molar-refractivity contribution >= 4 is 23.1 Å². The van der Waals surface area contributed by atoms with Gasteiger partial charge in [0.25, 0.3) is 5.91 Å². The van der Waals surface area contributed by atoms with Crippen LogP contribution >= 0.6 is 12.2 Å². The van der Waals surface area contributed by atoms with Gasteiger partial charge in [0.15, 0.2) is 0 Å². The second kappa shape index (κ2) is 7.74. The number of aromatic nitrogens is 1. The zero-order valence-electron chi connectivity index (χ0n) is 14.4. The predicted octanol–water partition coefficient (Wildman–Crippen LogP) is 3.24.